The van der Waals surface area contributed by atoms with Gasteiger partial charge >= 0.3 is 0 Å². The average molecular weight is 398 g/mol. The van der Waals surface area contributed by atoms with E-state index in [4.69, 9.17) is 16.3 Å². The van der Waals surface area contributed by atoms with Crippen LogP contribution in [0.4, 0.5) is 0 Å². The molecule has 0 aliphatic heterocycles. The number of ether oxygens (including phenoxy) is 1. The standard InChI is InChI=1S/C19H24ClNO4S/c1-4-13(2)18(19(22)14-8-10-16(25-3)11-9-14)21-26(23,24)17-7-5-6-15(20)12-17/h5-13,18-19,21-22H,4H2,1-3H3. The molecule has 2 aromatic carbocycles. The average Bonchev–Trinajstić information content (AvgIpc) is 2.65. The Morgan fingerprint density at radius 1 is 1.19 bits per heavy atom. The molecule has 3 atom stereocenters. The molecule has 2 rings (SSSR count). The van der Waals surface area contributed by atoms with E-state index in [0.29, 0.717) is 22.8 Å². The summed E-state index contributed by atoms with van der Waals surface area (Å²) in [4.78, 5) is 0.0697. The third-order valence-electron chi connectivity index (χ3n) is 4.45. The van der Waals surface area contributed by atoms with Gasteiger partial charge < -0.3 is 9.84 Å². The molecule has 3 unspecified atom stereocenters. The van der Waals surface area contributed by atoms with Gasteiger partial charge in [-0.25, -0.2) is 13.1 Å². The highest BCUT2D eigenvalue weighted by atomic mass is 35.5. The van der Waals surface area contributed by atoms with Crippen LogP contribution in [0, 0.1) is 5.92 Å². The van der Waals surface area contributed by atoms with Crippen LogP contribution in [0.2, 0.25) is 5.02 Å². The second-order valence-corrected chi connectivity index (χ2v) is 8.36. The van der Waals surface area contributed by atoms with Crippen molar-refractivity contribution >= 4 is 21.6 Å². The Kier molecular flexibility index (Phi) is 7.06. The second-order valence-electron chi connectivity index (χ2n) is 6.21. The summed E-state index contributed by atoms with van der Waals surface area (Å²) >= 11 is 5.91. The molecule has 7 heteroatoms. The predicted molar refractivity (Wildman–Crippen MR) is 103 cm³/mol. The van der Waals surface area contributed by atoms with Gasteiger partial charge in [0.2, 0.25) is 10.0 Å². The molecule has 0 aliphatic carbocycles. The number of aliphatic hydroxyl groups excluding tert-OH is 1. The molecule has 0 heterocycles. The summed E-state index contributed by atoms with van der Waals surface area (Å²) in [6.45, 7) is 3.85. The van der Waals surface area contributed by atoms with Crippen molar-refractivity contribution in [2.24, 2.45) is 5.92 Å². The van der Waals surface area contributed by atoms with Crippen LogP contribution in [0.1, 0.15) is 31.9 Å². The molecule has 0 saturated carbocycles. The van der Waals surface area contributed by atoms with Gasteiger partial charge in [-0.15, -0.1) is 0 Å². The van der Waals surface area contributed by atoms with E-state index in [9.17, 15) is 13.5 Å². The summed E-state index contributed by atoms with van der Waals surface area (Å²) in [5.41, 5.74) is 0.616. The van der Waals surface area contributed by atoms with Gasteiger partial charge in [0, 0.05) is 5.02 Å². The predicted octanol–water partition coefficient (Wildman–Crippen LogP) is 3.78. The van der Waals surface area contributed by atoms with Crippen molar-refractivity contribution < 1.29 is 18.3 Å². The Morgan fingerprint density at radius 3 is 2.38 bits per heavy atom. The third kappa shape index (κ3) is 4.98. The van der Waals surface area contributed by atoms with E-state index in [1.807, 2.05) is 13.8 Å². The molecular formula is C19H24ClNO4S. The summed E-state index contributed by atoms with van der Waals surface area (Å²) in [5, 5.41) is 11.2. The molecule has 0 aromatic heterocycles. The van der Waals surface area contributed by atoms with Crippen molar-refractivity contribution in [2.75, 3.05) is 7.11 Å². The van der Waals surface area contributed by atoms with Crippen molar-refractivity contribution in [3.8, 4) is 5.75 Å². The van der Waals surface area contributed by atoms with Crippen molar-refractivity contribution in [2.45, 2.75) is 37.3 Å². The fraction of sp³-hybridized carbons (Fsp3) is 0.368. The van der Waals surface area contributed by atoms with Crippen LogP contribution in [-0.4, -0.2) is 26.7 Å². The molecule has 0 fully saturated rings. The normalized spacial score (nSPS) is 15.3. The van der Waals surface area contributed by atoms with E-state index in [0.717, 1.165) is 0 Å². The van der Waals surface area contributed by atoms with Gasteiger partial charge in [0.25, 0.3) is 0 Å². The minimum atomic E-state index is -3.82. The number of rotatable bonds is 8. The Hall–Kier alpha value is -1.60. The summed E-state index contributed by atoms with van der Waals surface area (Å²) in [5.74, 6) is 0.585. The fourth-order valence-corrected chi connectivity index (χ4v) is 4.29. The molecule has 0 saturated heterocycles. The summed E-state index contributed by atoms with van der Waals surface area (Å²) < 4.78 is 33.3. The lowest BCUT2D eigenvalue weighted by Gasteiger charge is -2.29. The number of sulfonamides is 1. The lowest BCUT2D eigenvalue weighted by molar-refractivity contribution is 0.112. The quantitative estimate of drug-likeness (QED) is 0.710. The van der Waals surface area contributed by atoms with E-state index in [2.05, 4.69) is 4.72 Å². The van der Waals surface area contributed by atoms with Gasteiger partial charge in [-0.3, -0.25) is 0 Å². The maximum absolute atomic E-state index is 12.8. The van der Waals surface area contributed by atoms with Crippen LogP contribution in [0.15, 0.2) is 53.4 Å². The van der Waals surface area contributed by atoms with E-state index in [-0.39, 0.29) is 10.8 Å². The van der Waals surface area contributed by atoms with Gasteiger partial charge in [0.05, 0.1) is 24.2 Å². The van der Waals surface area contributed by atoms with Gasteiger partial charge in [-0.2, -0.15) is 0 Å². The molecule has 142 valence electrons. The van der Waals surface area contributed by atoms with Crippen LogP contribution in [0.5, 0.6) is 5.75 Å². The maximum Gasteiger partial charge on any atom is 0.240 e. The zero-order valence-corrected chi connectivity index (χ0v) is 16.6. The van der Waals surface area contributed by atoms with Gasteiger partial charge in [0.15, 0.2) is 0 Å². The Balaban J connectivity index is 2.31. The molecule has 2 N–H and O–H groups in total. The first-order valence-corrected chi connectivity index (χ1v) is 10.2. The smallest absolute Gasteiger partial charge is 0.240 e. The highest BCUT2D eigenvalue weighted by Gasteiger charge is 2.30. The van der Waals surface area contributed by atoms with E-state index < -0.39 is 22.2 Å². The van der Waals surface area contributed by atoms with E-state index >= 15 is 0 Å². The summed E-state index contributed by atoms with van der Waals surface area (Å²) in [7, 11) is -2.26. The number of aliphatic hydroxyl groups is 1. The lowest BCUT2D eigenvalue weighted by Crippen LogP contribution is -2.43. The molecule has 0 aliphatic rings. The SMILES string of the molecule is CCC(C)C(NS(=O)(=O)c1cccc(Cl)c1)C(O)c1ccc(OC)cc1. The van der Waals surface area contributed by atoms with Gasteiger partial charge in [-0.05, 0) is 41.8 Å². The third-order valence-corrected chi connectivity index (χ3v) is 6.14. The zero-order chi connectivity index (χ0) is 19.3. The Bertz CT molecular complexity index is 824. The molecule has 2 aromatic rings. The van der Waals surface area contributed by atoms with Crippen molar-refractivity contribution in [1.29, 1.82) is 0 Å². The molecule has 0 bridgehead atoms. The van der Waals surface area contributed by atoms with Crippen LogP contribution in [0.3, 0.4) is 0 Å². The van der Waals surface area contributed by atoms with Gasteiger partial charge in [0.1, 0.15) is 5.75 Å². The monoisotopic (exact) mass is 397 g/mol. The molecule has 26 heavy (non-hydrogen) atoms. The first-order chi connectivity index (χ1) is 12.3. The zero-order valence-electron chi connectivity index (χ0n) is 15.0. The highest BCUT2D eigenvalue weighted by Crippen LogP contribution is 2.27. The van der Waals surface area contributed by atoms with Crippen molar-refractivity contribution in [1.82, 2.24) is 4.72 Å². The molecule has 0 spiro atoms. The molecule has 5 nitrogen and oxygen atoms in total. The van der Waals surface area contributed by atoms with Crippen LogP contribution >= 0.6 is 11.6 Å². The number of halogens is 1. The number of benzene rings is 2. The number of methoxy groups -OCH3 is 1. The largest absolute Gasteiger partial charge is 0.497 e. The first-order valence-electron chi connectivity index (χ1n) is 8.38. The minimum Gasteiger partial charge on any atom is -0.497 e. The number of nitrogens with one attached hydrogen (secondary N) is 1. The van der Waals surface area contributed by atoms with Crippen LogP contribution < -0.4 is 9.46 Å². The number of hydrogen-bond donors (Lipinski definition) is 2. The summed E-state index contributed by atoms with van der Waals surface area (Å²) in [6.07, 6.45) is -0.291. The van der Waals surface area contributed by atoms with Crippen molar-refractivity contribution in [3.05, 3.63) is 59.1 Å². The lowest BCUT2D eigenvalue weighted by atomic mass is 9.91. The van der Waals surface area contributed by atoms with Crippen LogP contribution in [-0.2, 0) is 10.0 Å². The minimum absolute atomic E-state index is 0.0697. The summed E-state index contributed by atoms with van der Waals surface area (Å²) in [6, 6.07) is 12.3. The highest BCUT2D eigenvalue weighted by molar-refractivity contribution is 7.89. The Morgan fingerprint density at radius 2 is 1.85 bits per heavy atom. The molecular weight excluding hydrogens is 374 g/mol. The topological polar surface area (TPSA) is 75.6 Å². The Labute approximate surface area is 160 Å². The van der Waals surface area contributed by atoms with Crippen molar-refractivity contribution in [3.63, 3.8) is 0 Å². The first kappa shape index (κ1) is 20.7. The van der Waals surface area contributed by atoms with E-state index in [1.165, 1.54) is 12.1 Å². The fourth-order valence-electron chi connectivity index (χ4n) is 2.64. The van der Waals surface area contributed by atoms with Crippen LogP contribution in [0.25, 0.3) is 0 Å². The van der Waals surface area contributed by atoms with Gasteiger partial charge in [-0.1, -0.05) is 50.1 Å². The van der Waals surface area contributed by atoms with E-state index in [1.54, 1.807) is 43.5 Å². The second kappa shape index (κ2) is 8.86. The molecule has 0 radical (unpaired) electrons. The molecule has 0 amide bonds. The maximum atomic E-state index is 12.8. The number of hydrogen-bond acceptors (Lipinski definition) is 4.